The number of ether oxygens (including phenoxy) is 1. The zero-order chi connectivity index (χ0) is 18.0. The fraction of sp³-hybridized carbons (Fsp3) is 0.0556. The molecule has 0 fully saturated rings. The van der Waals surface area contributed by atoms with E-state index in [0.717, 1.165) is 0 Å². The van der Waals surface area contributed by atoms with Gasteiger partial charge in [0, 0.05) is 22.8 Å². The summed E-state index contributed by atoms with van der Waals surface area (Å²) in [5, 5.41) is 2.78. The van der Waals surface area contributed by atoms with Crippen LogP contribution in [0.25, 0.3) is 10.9 Å². The molecule has 0 unspecified atom stereocenters. The minimum atomic E-state index is -0.865. The summed E-state index contributed by atoms with van der Waals surface area (Å²) in [6.45, 7) is 0. The second-order valence-electron chi connectivity index (χ2n) is 5.24. The van der Waals surface area contributed by atoms with Crippen LogP contribution in [-0.2, 0) is 9.53 Å². The van der Waals surface area contributed by atoms with Crippen LogP contribution < -0.4 is 5.32 Å². The van der Waals surface area contributed by atoms with E-state index < -0.39 is 23.5 Å². The maximum Gasteiger partial charge on any atom is 0.337 e. The predicted molar refractivity (Wildman–Crippen MR) is 89.0 cm³/mol. The summed E-state index contributed by atoms with van der Waals surface area (Å²) in [6.07, 6.45) is 1.37. The Hall–Kier alpha value is -3.48. The number of methoxy groups -OCH3 is 1. The van der Waals surface area contributed by atoms with E-state index in [2.05, 4.69) is 15.0 Å². The molecule has 0 saturated carbocycles. The highest BCUT2D eigenvalue weighted by atomic mass is 19.1. The molecule has 1 aromatic heterocycles. The van der Waals surface area contributed by atoms with Gasteiger partial charge in [0.2, 0.25) is 0 Å². The van der Waals surface area contributed by atoms with E-state index in [-0.39, 0.29) is 5.56 Å². The molecular weight excluding hydrogens is 327 g/mol. The number of ketones is 1. The summed E-state index contributed by atoms with van der Waals surface area (Å²) in [5.74, 6) is -2.67. The molecule has 3 rings (SSSR count). The summed E-state index contributed by atoms with van der Waals surface area (Å²) < 4.78 is 18.0. The topological polar surface area (TPSA) is 88.3 Å². The molecule has 2 aromatic carbocycles. The lowest BCUT2D eigenvalue weighted by Crippen LogP contribution is -2.22. The summed E-state index contributed by atoms with van der Waals surface area (Å²) in [4.78, 5) is 38.7. The molecule has 6 nitrogen and oxygen atoms in total. The molecule has 0 atom stereocenters. The standard InChI is InChI=1S/C18H13FN2O4/c1-25-18(24)10-2-5-12(6-3-10)21-17(23)16(22)14-9-20-15-7-4-11(19)8-13(14)15/h2-9,20H,1H3,(H,21,23). The van der Waals surface area contributed by atoms with Gasteiger partial charge < -0.3 is 15.0 Å². The van der Waals surface area contributed by atoms with Gasteiger partial charge in [-0.05, 0) is 42.5 Å². The Morgan fingerprint density at radius 3 is 2.48 bits per heavy atom. The number of nitrogens with one attached hydrogen (secondary N) is 2. The molecular formula is C18H13FN2O4. The normalized spacial score (nSPS) is 10.5. The molecule has 0 aliphatic heterocycles. The molecule has 0 radical (unpaired) electrons. The Morgan fingerprint density at radius 1 is 1.08 bits per heavy atom. The number of H-pyrrole nitrogens is 1. The SMILES string of the molecule is COC(=O)c1ccc(NC(=O)C(=O)c2c[nH]c3ccc(F)cc23)cc1. The number of carbonyl (C=O) groups is 3. The summed E-state index contributed by atoms with van der Waals surface area (Å²) >= 11 is 0. The number of aromatic amines is 1. The van der Waals surface area contributed by atoms with Gasteiger partial charge in [0.15, 0.2) is 0 Å². The van der Waals surface area contributed by atoms with Crippen molar-refractivity contribution in [2.45, 2.75) is 0 Å². The molecule has 2 N–H and O–H groups in total. The highest BCUT2D eigenvalue weighted by Gasteiger charge is 2.20. The van der Waals surface area contributed by atoms with Crippen molar-refractivity contribution in [3.05, 3.63) is 65.6 Å². The van der Waals surface area contributed by atoms with Gasteiger partial charge in [-0.25, -0.2) is 9.18 Å². The number of carbonyl (C=O) groups excluding carboxylic acids is 3. The highest BCUT2D eigenvalue weighted by molar-refractivity contribution is 6.48. The molecule has 1 amide bonds. The Morgan fingerprint density at radius 2 is 1.80 bits per heavy atom. The molecule has 126 valence electrons. The van der Waals surface area contributed by atoms with Gasteiger partial charge in [0.1, 0.15) is 5.82 Å². The first kappa shape index (κ1) is 16.4. The average molecular weight is 340 g/mol. The zero-order valence-corrected chi connectivity index (χ0v) is 13.1. The van der Waals surface area contributed by atoms with Gasteiger partial charge in [-0.2, -0.15) is 0 Å². The number of hydrogen-bond acceptors (Lipinski definition) is 4. The maximum atomic E-state index is 13.4. The van der Waals surface area contributed by atoms with E-state index in [0.29, 0.717) is 22.2 Å². The van der Waals surface area contributed by atoms with Crippen molar-refractivity contribution in [2.75, 3.05) is 12.4 Å². The second-order valence-corrected chi connectivity index (χ2v) is 5.24. The van der Waals surface area contributed by atoms with E-state index in [4.69, 9.17) is 0 Å². The first-order chi connectivity index (χ1) is 12.0. The van der Waals surface area contributed by atoms with Gasteiger partial charge in [-0.3, -0.25) is 9.59 Å². The van der Waals surface area contributed by atoms with Crippen LogP contribution in [0.1, 0.15) is 20.7 Å². The van der Waals surface area contributed by atoms with Crippen LogP contribution in [0, 0.1) is 5.82 Å². The van der Waals surface area contributed by atoms with Crippen molar-refractivity contribution in [1.82, 2.24) is 4.98 Å². The Bertz CT molecular complexity index is 976. The molecule has 0 spiro atoms. The van der Waals surface area contributed by atoms with Crippen LogP contribution in [0.4, 0.5) is 10.1 Å². The van der Waals surface area contributed by atoms with Gasteiger partial charge in [0.25, 0.3) is 11.7 Å². The lowest BCUT2D eigenvalue weighted by Gasteiger charge is -2.05. The summed E-state index contributed by atoms with van der Waals surface area (Å²) in [5.41, 5.74) is 1.30. The minimum Gasteiger partial charge on any atom is -0.465 e. The van der Waals surface area contributed by atoms with E-state index in [9.17, 15) is 18.8 Å². The molecule has 0 bridgehead atoms. The van der Waals surface area contributed by atoms with Crippen LogP contribution in [0.3, 0.4) is 0 Å². The number of fused-ring (bicyclic) bond motifs is 1. The van der Waals surface area contributed by atoms with Crippen molar-refractivity contribution >= 4 is 34.3 Å². The summed E-state index contributed by atoms with van der Waals surface area (Å²) in [7, 11) is 1.26. The number of anilines is 1. The van der Waals surface area contributed by atoms with Crippen LogP contribution in [0.15, 0.2) is 48.7 Å². The van der Waals surface area contributed by atoms with E-state index >= 15 is 0 Å². The molecule has 3 aromatic rings. The van der Waals surface area contributed by atoms with E-state index in [1.165, 1.54) is 55.8 Å². The fourth-order valence-corrected chi connectivity index (χ4v) is 2.40. The first-order valence-corrected chi connectivity index (χ1v) is 7.30. The second kappa shape index (κ2) is 6.56. The maximum absolute atomic E-state index is 13.4. The van der Waals surface area contributed by atoms with Crippen molar-refractivity contribution in [2.24, 2.45) is 0 Å². The van der Waals surface area contributed by atoms with Crippen LogP contribution in [0.5, 0.6) is 0 Å². The van der Waals surface area contributed by atoms with Crippen LogP contribution in [0.2, 0.25) is 0 Å². The third kappa shape index (κ3) is 3.25. The molecule has 0 aliphatic carbocycles. The number of hydrogen-bond donors (Lipinski definition) is 2. The number of aromatic nitrogens is 1. The number of rotatable bonds is 4. The van der Waals surface area contributed by atoms with Gasteiger partial charge in [-0.1, -0.05) is 0 Å². The monoisotopic (exact) mass is 340 g/mol. The molecule has 25 heavy (non-hydrogen) atoms. The third-order valence-electron chi connectivity index (χ3n) is 3.66. The Kier molecular flexibility index (Phi) is 4.30. The quantitative estimate of drug-likeness (QED) is 0.434. The fourth-order valence-electron chi connectivity index (χ4n) is 2.40. The number of esters is 1. The number of amides is 1. The van der Waals surface area contributed by atoms with Crippen LogP contribution in [-0.4, -0.2) is 29.8 Å². The molecule has 0 aliphatic rings. The Balaban J connectivity index is 1.79. The van der Waals surface area contributed by atoms with Crippen molar-refractivity contribution in [1.29, 1.82) is 0 Å². The molecule has 7 heteroatoms. The average Bonchev–Trinajstić information content (AvgIpc) is 3.03. The predicted octanol–water partition coefficient (Wildman–Crippen LogP) is 2.92. The van der Waals surface area contributed by atoms with Crippen molar-refractivity contribution in [3.8, 4) is 0 Å². The van der Waals surface area contributed by atoms with Gasteiger partial charge >= 0.3 is 5.97 Å². The lowest BCUT2D eigenvalue weighted by molar-refractivity contribution is -0.112. The number of benzene rings is 2. The van der Waals surface area contributed by atoms with Gasteiger partial charge in [-0.15, -0.1) is 0 Å². The summed E-state index contributed by atoms with van der Waals surface area (Å²) in [6, 6.07) is 9.83. The lowest BCUT2D eigenvalue weighted by atomic mass is 10.1. The minimum absolute atomic E-state index is 0.0816. The largest absolute Gasteiger partial charge is 0.465 e. The smallest absolute Gasteiger partial charge is 0.337 e. The van der Waals surface area contributed by atoms with Crippen molar-refractivity contribution in [3.63, 3.8) is 0 Å². The van der Waals surface area contributed by atoms with Gasteiger partial charge in [0.05, 0.1) is 18.2 Å². The van der Waals surface area contributed by atoms with Crippen LogP contribution >= 0.6 is 0 Å². The zero-order valence-electron chi connectivity index (χ0n) is 13.1. The molecule has 0 saturated heterocycles. The Labute approximate surface area is 141 Å². The van der Waals surface area contributed by atoms with E-state index in [1.54, 1.807) is 0 Å². The van der Waals surface area contributed by atoms with Crippen molar-refractivity contribution < 1.29 is 23.5 Å². The highest BCUT2D eigenvalue weighted by Crippen LogP contribution is 2.20. The number of halogens is 1. The van der Waals surface area contributed by atoms with E-state index in [1.807, 2.05) is 0 Å². The third-order valence-corrected chi connectivity index (χ3v) is 3.66. The number of Topliss-reactive ketones (excluding diaryl/α,β-unsaturated/α-hetero) is 1. The molecule has 1 heterocycles. The first-order valence-electron chi connectivity index (χ1n) is 7.30.